The molecular weight excluding hydrogens is 437 g/mol. The SMILES string of the molecule is CCCCOC(=O)COc1ccc2c(=O)c(-c3ccccc3Cl)c(C(F)(F)F)oc2c1. The molecule has 0 aliphatic heterocycles. The fourth-order valence-corrected chi connectivity index (χ4v) is 3.12. The highest BCUT2D eigenvalue weighted by Gasteiger charge is 2.39. The summed E-state index contributed by atoms with van der Waals surface area (Å²) in [5.74, 6) is -2.02. The quantitative estimate of drug-likeness (QED) is 0.331. The third-order valence-electron chi connectivity index (χ3n) is 4.38. The molecule has 0 aliphatic rings. The summed E-state index contributed by atoms with van der Waals surface area (Å²) in [6, 6.07) is 9.48. The predicted octanol–water partition coefficient (Wildman–Crippen LogP) is 5.85. The van der Waals surface area contributed by atoms with Gasteiger partial charge in [-0.3, -0.25) is 4.79 Å². The number of benzene rings is 2. The van der Waals surface area contributed by atoms with Crippen molar-refractivity contribution in [1.82, 2.24) is 0 Å². The van der Waals surface area contributed by atoms with Gasteiger partial charge in [-0.2, -0.15) is 13.2 Å². The van der Waals surface area contributed by atoms with Crippen LogP contribution in [-0.2, 0) is 15.7 Å². The van der Waals surface area contributed by atoms with Gasteiger partial charge in [-0.05, 0) is 24.6 Å². The Morgan fingerprint density at radius 2 is 1.90 bits per heavy atom. The molecule has 0 saturated carbocycles. The summed E-state index contributed by atoms with van der Waals surface area (Å²) in [4.78, 5) is 24.6. The molecule has 164 valence electrons. The zero-order valence-electron chi connectivity index (χ0n) is 16.4. The second-order valence-electron chi connectivity index (χ2n) is 6.63. The van der Waals surface area contributed by atoms with Crippen LogP contribution in [0.5, 0.6) is 5.75 Å². The summed E-state index contributed by atoms with van der Waals surface area (Å²) in [5, 5.41) is -0.0954. The van der Waals surface area contributed by atoms with E-state index >= 15 is 0 Å². The van der Waals surface area contributed by atoms with Crippen molar-refractivity contribution in [2.45, 2.75) is 25.9 Å². The Kier molecular flexibility index (Phi) is 6.90. The van der Waals surface area contributed by atoms with Crippen LogP contribution in [0.15, 0.2) is 51.7 Å². The van der Waals surface area contributed by atoms with Gasteiger partial charge in [0.05, 0.1) is 17.6 Å². The van der Waals surface area contributed by atoms with Crippen molar-refractivity contribution in [3.8, 4) is 16.9 Å². The maximum Gasteiger partial charge on any atom is 0.450 e. The van der Waals surface area contributed by atoms with Crippen LogP contribution in [0.25, 0.3) is 22.1 Å². The molecule has 3 aromatic rings. The monoisotopic (exact) mass is 454 g/mol. The molecule has 0 aliphatic carbocycles. The van der Waals surface area contributed by atoms with E-state index in [4.69, 9.17) is 25.5 Å². The summed E-state index contributed by atoms with van der Waals surface area (Å²) in [5.41, 5.74) is -1.96. The largest absolute Gasteiger partial charge is 0.482 e. The Morgan fingerprint density at radius 3 is 2.58 bits per heavy atom. The minimum absolute atomic E-state index is 0.0128. The van der Waals surface area contributed by atoms with E-state index in [1.54, 1.807) is 6.07 Å². The van der Waals surface area contributed by atoms with Gasteiger partial charge in [-0.1, -0.05) is 43.1 Å². The van der Waals surface area contributed by atoms with Crippen molar-refractivity contribution in [3.05, 3.63) is 63.5 Å². The van der Waals surface area contributed by atoms with Crippen molar-refractivity contribution < 1.29 is 31.9 Å². The smallest absolute Gasteiger partial charge is 0.450 e. The molecule has 0 atom stereocenters. The molecule has 0 radical (unpaired) electrons. The van der Waals surface area contributed by atoms with E-state index in [2.05, 4.69) is 0 Å². The van der Waals surface area contributed by atoms with E-state index in [1.807, 2.05) is 6.92 Å². The maximum absolute atomic E-state index is 13.7. The van der Waals surface area contributed by atoms with Crippen molar-refractivity contribution in [1.29, 1.82) is 0 Å². The maximum atomic E-state index is 13.7. The van der Waals surface area contributed by atoms with Gasteiger partial charge in [0.15, 0.2) is 6.61 Å². The topological polar surface area (TPSA) is 65.7 Å². The normalized spacial score (nSPS) is 11.5. The Labute approximate surface area is 180 Å². The molecule has 0 amide bonds. The Balaban J connectivity index is 2.01. The predicted molar refractivity (Wildman–Crippen MR) is 109 cm³/mol. The molecule has 3 rings (SSSR count). The molecule has 5 nitrogen and oxygen atoms in total. The summed E-state index contributed by atoms with van der Waals surface area (Å²) in [7, 11) is 0. The molecule has 1 heterocycles. The third-order valence-corrected chi connectivity index (χ3v) is 4.71. The number of hydrogen-bond acceptors (Lipinski definition) is 5. The molecule has 2 aromatic carbocycles. The van der Waals surface area contributed by atoms with Gasteiger partial charge in [0, 0.05) is 16.7 Å². The van der Waals surface area contributed by atoms with Gasteiger partial charge >= 0.3 is 12.1 Å². The van der Waals surface area contributed by atoms with Crippen LogP contribution in [0, 0.1) is 0 Å². The van der Waals surface area contributed by atoms with E-state index in [0.717, 1.165) is 12.5 Å². The average molecular weight is 455 g/mol. The molecular formula is C22H18ClF3O5. The number of unbranched alkanes of at least 4 members (excludes halogenated alkanes) is 1. The van der Waals surface area contributed by atoms with Crippen LogP contribution >= 0.6 is 11.6 Å². The lowest BCUT2D eigenvalue weighted by molar-refractivity contribution is -0.152. The van der Waals surface area contributed by atoms with E-state index in [9.17, 15) is 22.8 Å². The number of carbonyl (C=O) groups excluding carboxylic acids is 1. The lowest BCUT2D eigenvalue weighted by atomic mass is 10.0. The summed E-state index contributed by atoms with van der Waals surface area (Å²) in [6.45, 7) is 1.77. The van der Waals surface area contributed by atoms with Gasteiger partial charge in [0.1, 0.15) is 11.3 Å². The van der Waals surface area contributed by atoms with Crippen molar-refractivity contribution in [3.63, 3.8) is 0 Å². The summed E-state index contributed by atoms with van der Waals surface area (Å²) >= 11 is 6.03. The van der Waals surface area contributed by atoms with Gasteiger partial charge < -0.3 is 13.9 Å². The van der Waals surface area contributed by atoms with Crippen LogP contribution in [0.2, 0.25) is 5.02 Å². The highest BCUT2D eigenvalue weighted by molar-refractivity contribution is 6.33. The number of carbonyl (C=O) groups is 1. The number of halogens is 4. The number of hydrogen-bond donors (Lipinski definition) is 0. The van der Waals surface area contributed by atoms with E-state index in [-0.39, 0.29) is 33.9 Å². The number of fused-ring (bicyclic) bond motifs is 1. The molecule has 0 fully saturated rings. The third kappa shape index (κ3) is 5.19. The summed E-state index contributed by atoms with van der Waals surface area (Å²) in [6.07, 6.45) is -3.38. The van der Waals surface area contributed by atoms with Crippen LogP contribution in [0.4, 0.5) is 13.2 Å². The highest BCUT2D eigenvalue weighted by atomic mass is 35.5. The average Bonchev–Trinajstić information content (AvgIpc) is 2.72. The van der Waals surface area contributed by atoms with Gasteiger partial charge in [-0.15, -0.1) is 0 Å². The number of esters is 1. The fraction of sp³-hybridized carbons (Fsp3) is 0.273. The molecule has 0 bridgehead atoms. The van der Waals surface area contributed by atoms with E-state index in [0.29, 0.717) is 6.42 Å². The van der Waals surface area contributed by atoms with Gasteiger partial charge in [-0.25, -0.2) is 4.79 Å². The van der Waals surface area contributed by atoms with E-state index in [1.165, 1.54) is 30.3 Å². The molecule has 0 saturated heterocycles. The van der Waals surface area contributed by atoms with Crippen molar-refractivity contribution >= 4 is 28.5 Å². The number of alkyl halides is 3. The molecule has 0 unspecified atom stereocenters. The van der Waals surface area contributed by atoms with Crippen molar-refractivity contribution in [2.24, 2.45) is 0 Å². The molecule has 31 heavy (non-hydrogen) atoms. The first-order valence-corrected chi connectivity index (χ1v) is 9.81. The second-order valence-corrected chi connectivity index (χ2v) is 7.04. The zero-order valence-corrected chi connectivity index (χ0v) is 17.2. The number of rotatable bonds is 7. The minimum atomic E-state index is -4.94. The van der Waals surface area contributed by atoms with Crippen LogP contribution in [0.3, 0.4) is 0 Å². The Hall–Kier alpha value is -3.00. The first-order valence-electron chi connectivity index (χ1n) is 9.43. The number of ether oxygens (including phenoxy) is 2. The standard InChI is InChI=1S/C22H18ClF3O5/c1-2-3-10-29-18(27)12-30-13-8-9-15-17(11-13)31-21(22(24,25)26)19(20(15)28)14-6-4-5-7-16(14)23/h4-9,11H,2-3,10,12H2,1H3. The van der Waals surface area contributed by atoms with Crippen LogP contribution in [0.1, 0.15) is 25.5 Å². The zero-order chi connectivity index (χ0) is 22.6. The van der Waals surface area contributed by atoms with E-state index < -0.39 is 35.5 Å². The van der Waals surface area contributed by atoms with Crippen LogP contribution in [-0.4, -0.2) is 19.2 Å². The van der Waals surface area contributed by atoms with Gasteiger partial charge in [0.2, 0.25) is 11.2 Å². The first-order chi connectivity index (χ1) is 14.7. The van der Waals surface area contributed by atoms with Crippen molar-refractivity contribution in [2.75, 3.05) is 13.2 Å². The Morgan fingerprint density at radius 1 is 1.16 bits per heavy atom. The molecule has 0 N–H and O–H groups in total. The lowest BCUT2D eigenvalue weighted by Crippen LogP contribution is -2.17. The minimum Gasteiger partial charge on any atom is -0.482 e. The lowest BCUT2D eigenvalue weighted by Gasteiger charge is -2.14. The molecule has 0 spiro atoms. The second kappa shape index (κ2) is 9.43. The Bertz CT molecular complexity index is 1150. The van der Waals surface area contributed by atoms with Crippen LogP contribution < -0.4 is 10.2 Å². The fourth-order valence-electron chi connectivity index (χ4n) is 2.89. The molecule has 9 heteroatoms. The first kappa shape index (κ1) is 22.7. The summed E-state index contributed by atoms with van der Waals surface area (Å²) < 4.78 is 56.4. The highest BCUT2D eigenvalue weighted by Crippen LogP contribution is 2.39. The molecule has 1 aromatic heterocycles. The van der Waals surface area contributed by atoms with Gasteiger partial charge in [0.25, 0.3) is 0 Å².